The fraction of sp³-hybridized carbons (Fsp3) is 0.300. The molecule has 0 aliphatic rings. The van der Waals surface area contributed by atoms with E-state index in [1.54, 1.807) is 18.9 Å². The average Bonchev–Trinajstić information content (AvgIpc) is 3.00. The Bertz CT molecular complexity index is 926. The molecule has 0 radical (unpaired) electrons. The highest BCUT2D eigenvalue weighted by Gasteiger charge is 2.18. The van der Waals surface area contributed by atoms with Gasteiger partial charge in [-0.25, -0.2) is 0 Å². The van der Waals surface area contributed by atoms with Crippen LogP contribution in [0, 0.1) is 0 Å². The molecule has 0 aliphatic heterocycles. The molecule has 3 aromatic rings. The van der Waals surface area contributed by atoms with Gasteiger partial charge in [0.05, 0.1) is 18.3 Å². The number of nitrogens with one attached hydrogen (secondary N) is 1. The first-order valence-corrected chi connectivity index (χ1v) is 10.9. The minimum atomic E-state index is 0.702. The van der Waals surface area contributed by atoms with Crippen molar-refractivity contribution in [2.75, 3.05) is 19.9 Å². The first-order valence-electron chi connectivity index (χ1n) is 8.51. The lowest BCUT2D eigenvalue weighted by Gasteiger charge is -2.11. The molecule has 0 saturated carbocycles. The fourth-order valence-electron chi connectivity index (χ4n) is 3.22. The number of rotatable bonds is 7. The van der Waals surface area contributed by atoms with Crippen molar-refractivity contribution in [2.24, 2.45) is 5.73 Å². The second kappa shape index (κ2) is 8.70. The van der Waals surface area contributed by atoms with Crippen LogP contribution in [0.3, 0.4) is 0 Å². The van der Waals surface area contributed by atoms with Crippen LogP contribution in [0.2, 0.25) is 5.02 Å². The Balaban J connectivity index is 2.24. The molecule has 3 N–H and O–H groups in total. The molecular weight excluding hydrogens is 432 g/mol. The van der Waals surface area contributed by atoms with Crippen molar-refractivity contribution in [3.05, 3.63) is 45.4 Å². The highest BCUT2D eigenvalue weighted by molar-refractivity contribution is 9.10. The van der Waals surface area contributed by atoms with E-state index in [4.69, 9.17) is 22.1 Å². The lowest BCUT2D eigenvalue weighted by atomic mass is 9.99. The molecule has 6 heteroatoms. The van der Waals surface area contributed by atoms with Crippen LogP contribution in [0.25, 0.3) is 22.2 Å². The molecular formula is C20H22BrClN2OS. The Morgan fingerprint density at radius 2 is 2.04 bits per heavy atom. The zero-order valence-electron chi connectivity index (χ0n) is 14.9. The van der Waals surface area contributed by atoms with Crippen LogP contribution >= 0.6 is 39.3 Å². The van der Waals surface area contributed by atoms with Crippen LogP contribution in [0.4, 0.5) is 0 Å². The monoisotopic (exact) mass is 452 g/mol. The third kappa shape index (κ3) is 3.91. The van der Waals surface area contributed by atoms with E-state index in [-0.39, 0.29) is 0 Å². The van der Waals surface area contributed by atoms with Gasteiger partial charge in [0.1, 0.15) is 5.75 Å². The zero-order chi connectivity index (χ0) is 18.7. The number of methoxy groups -OCH3 is 1. The number of aromatic amines is 1. The third-order valence-corrected chi connectivity index (χ3v) is 6.06. The molecule has 0 unspecified atom stereocenters. The fourth-order valence-corrected chi connectivity index (χ4v) is 4.57. The van der Waals surface area contributed by atoms with Crippen LogP contribution in [0.15, 0.2) is 39.7 Å². The van der Waals surface area contributed by atoms with E-state index in [1.807, 2.05) is 18.2 Å². The number of unbranched alkanes of at least 4 members (excludes halogenated alkanes) is 1. The van der Waals surface area contributed by atoms with Gasteiger partial charge in [-0.1, -0.05) is 11.6 Å². The minimum absolute atomic E-state index is 0.702. The molecule has 0 saturated heterocycles. The summed E-state index contributed by atoms with van der Waals surface area (Å²) in [6.07, 6.45) is 5.04. The van der Waals surface area contributed by atoms with Gasteiger partial charge in [-0.3, -0.25) is 0 Å². The van der Waals surface area contributed by atoms with Crippen molar-refractivity contribution < 1.29 is 4.74 Å². The lowest BCUT2D eigenvalue weighted by Crippen LogP contribution is -1.99. The predicted molar refractivity (Wildman–Crippen MR) is 117 cm³/mol. The van der Waals surface area contributed by atoms with Crippen molar-refractivity contribution in [2.45, 2.75) is 24.2 Å². The molecule has 0 amide bonds. The second-order valence-electron chi connectivity index (χ2n) is 6.10. The maximum absolute atomic E-state index is 6.33. The van der Waals surface area contributed by atoms with Gasteiger partial charge < -0.3 is 15.5 Å². The van der Waals surface area contributed by atoms with Crippen LogP contribution in [-0.2, 0) is 6.42 Å². The van der Waals surface area contributed by atoms with Crippen LogP contribution in [0.1, 0.15) is 18.4 Å². The highest BCUT2D eigenvalue weighted by atomic mass is 79.9. The summed E-state index contributed by atoms with van der Waals surface area (Å²) >= 11 is 11.7. The van der Waals surface area contributed by atoms with Gasteiger partial charge in [0, 0.05) is 25.3 Å². The van der Waals surface area contributed by atoms with E-state index in [9.17, 15) is 0 Å². The number of fused-ring (bicyclic) bond motifs is 1. The first kappa shape index (κ1) is 19.6. The van der Waals surface area contributed by atoms with Gasteiger partial charge in [0.25, 0.3) is 0 Å². The van der Waals surface area contributed by atoms with E-state index in [1.165, 1.54) is 10.5 Å². The molecule has 2 aromatic carbocycles. The Kier molecular flexibility index (Phi) is 6.56. The van der Waals surface area contributed by atoms with E-state index >= 15 is 0 Å². The van der Waals surface area contributed by atoms with E-state index in [0.717, 1.165) is 56.7 Å². The summed E-state index contributed by atoms with van der Waals surface area (Å²) in [7, 11) is 1.71. The summed E-state index contributed by atoms with van der Waals surface area (Å²) in [5.74, 6) is 0.858. The van der Waals surface area contributed by atoms with Gasteiger partial charge >= 0.3 is 0 Å². The Morgan fingerprint density at radius 3 is 2.73 bits per heavy atom. The summed E-state index contributed by atoms with van der Waals surface area (Å²) in [6.45, 7) is 0.702. The summed E-state index contributed by atoms with van der Waals surface area (Å²) in [5, 5.41) is 1.87. The van der Waals surface area contributed by atoms with Crippen LogP contribution in [0.5, 0.6) is 5.75 Å². The number of aromatic nitrogens is 1. The summed E-state index contributed by atoms with van der Waals surface area (Å²) in [6, 6.07) is 10.2. The number of halogens is 2. The molecule has 0 bridgehead atoms. The van der Waals surface area contributed by atoms with E-state index in [2.05, 4.69) is 39.3 Å². The smallest absolute Gasteiger partial charge is 0.128 e. The van der Waals surface area contributed by atoms with E-state index in [0.29, 0.717) is 6.54 Å². The first-order chi connectivity index (χ1) is 12.6. The number of H-pyrrole nitrogens is 1. The zero-order valence-corrected chi connectivity index (χ0v) is 18.0. The molecule has 138 valence electrons. The Labute approximate surface area is 171 Å². The number of aryl methyl sites for hydroxylation is 1. The summed E-state index contributed by atoms with van der Waals surface area (Å²) in [5.41, 5.74) is 10.2. The number of benzene rings is 2. The third-order valence-electron chi connectivity index (χ3n) is 4.49. The van der Waals surface area contributed by atoms with E-state index < -0.39 is 0 Å². The van der Waals surface area contributed by atoms with Gasteiger partial charge in [0.2, 0.25) is 0 Å². The summed E-state index contributed by atoms with van der Waals surface area (Å²) < 4.78 is 6.61. The normalized spacial score (nSPS) is 11.3. The van der Waals surface area contributed by atoms with Crippen molar-refractivity contribution in [1.82, 2.24) is 4.98 Å². The number of thioether (sulfide) groups is 1. The molecule has 3 nitrogen and oxygen atoms in total. The number of nitrogens with two attached hydrogens (primary N) is 1. The molecule has 0 fully saturated rings. The molecule has 0 aliphatic carbocycles. The van der Waals surface area contributed by atoms with Crippen molar-refractivity contribution in [3.8, 4) is 17.0 Å². The van der Waals surface area contributed by atoms with Crippen LogP contribution in [-0.4, -0.2) is 24.9 Å². The lowest BCUT2D eigenvalue weighted by molar-refractivity contribution is 0.416. The Morgan fingerprint density at radius 1 is 1.23 bits per heavy atom. The Hall–Kier alpha value is -1.14. The van der Waals surface area contributed by atoms with Gasteiger partial charge in [-0.2, -0.15) is 0 Å². The number of hydrogen-bond donors (Lipinski definition) is 2. The maximum Gasteiger partial charge on any atom is 0.128 e. The SMILES string of the molecule is COc1ccc(SC)cc1-c1[nH]c2c(Br)cc(Cl)cc2c1CCCCN. The number of ether oxygens (including phenoxy) is 1. The molecule has 1 aromatic heterocycles. The van der Waals surface area contributed by atoms with Gasteiger partial charge in [-0.05, 0) is 83.9 Å². The quantitative estimate of drug-likeness (QED) is 0.328. The van der Waals surface area contributed by atoms with Gasteiger partial charge in [0.15, 0.2) is 0 Å². The molecule has 0 atom stereocenters. The standard InChI is InChI=1S/C20H22BrClN2OS/c1-25-18-7-6-13(26-2)11-16(18)19-14(5-3-4-8-23)15-9-12(22)10-17(21)20(15)24-19/h6-7,9-11,24H,3-5,8,23H2,1-2H3. The largest absolute Gasteiger partial charge is 0.496 e. The summed E-state index contributed by atoms with van der Waals surface area (Å²) in [4.78, 5) is 4.80. The molecule has 3 rings (SSSR count). The molecule has 26 heavy (non-hydrogen) atoms. The predicted octanol–water partition coefficient (Wildman–Crippen LogP) is 6.26. The molecule has 0 spiro atoms. The minimum Gasteiger partial charge on any atom is -0.496 e. The van der Waals surface area contributed by atoms with Crippen molar-refractivity contribution >= 4 is 50.2 Å². The maximum atomic E-state index is 6.33. The highest BCUT2D eigenvalue weighted by Crippen LogP contribution is 2.41. The topological polar surface area (TPSA) is 51.0 Å². The number of hydrogen-bond acceptors (Lipinski definition) is 3. The van der Waals surface area contributed by atoms with Gasteiger partial charge in [-0.15, -0.1) is 11.8 Å². The van der Waals surface area contributed by atoms with Crippen LogP contribution < -0.4 is 10.5 Å². The average molecular weight is 454 g/mol. The second-order valence-corrected chi connectivity index (χ2v) is 8.27. The van der Waals surface area contributed by atoms with Crippen molar-refractivity contribution in [1.29, 1.82) is 0 Å². The van der Waals surface area contributed by atoms with Crippen molar-refractivity contribution in [3.63, 3.8) is 0 Å². The molecule has 1 heterocycles.